The van der Waals surface area contributed by atoms with Crippen molar-refractivity contribution in [3.05, 3.63) is 32.7 Å². The lowest BCUT2D eigenvalue weighted by molar-refractivity contribution is -0.137. The number of aliphatic carboxylic acids is 1. The van der Waals surface area contributed by atoms with Crippen LogP contribution in [0.1, 0.15) is 24.9 Å². The van der Waals surface area contributed by atoms with Crippen LogP contribution in [0.15, 0.2) is 27.1 Å². The van der Waals surface area contributed by atoms with Gasteiger partial charge in [-0.3, -0.25) is 9.59 Å². The number of amides is 1. The molecule has 17 heavy (non-hydrogen) atoms. The summed E-state index contributed by atoms with van der Waals surface area (Å²) in [6.45, 7) is 1.36. The molecule has 1 rings (SSSR count). The molecule has 1 atom stereocenters. The highest BCUT2D eigenvalue weighted by atomic mass is 79.9. The minimum Gasteiger partial charge on any atom is -0.481 e. The van der Waals surface area contributed by atoms with Gasteiger partial charge in [0.15, 0.2) is 0 Å². The van der Waals surface area contributed by atoms with E-state index in [1.807, 2.05) is 0 Å². The fraction of sp³-hybridized carbons (Fsp3) is 0.273. The van der Waals surface area contributed by atoms with Crippen molar-refractivity contribution in [1.29, 1.82) is 0 Å². The van der Waals surface area contributed by atoms with Crippen LogP contribution in [-0.4, -0.2) is 17.0 Å². The maximum absolute atomic E-state index is 11.0. The van der Waals surface area contributed by atoms with Crippen molar-refractivity contribution in [2.45, 2.75) is 19.4 Å². The molecule has 4 nitrogen and oxygen atoms in total. The first-order valence-corrected chi connectivity index (χ1v) is 6.42. The fourth-order valence-electron chi connectivity index (χ4n) is 1.40. The lowest BCUT2D eigenvalue weighted by Gasteiger charge is -2.16. The molecule has 0 saturated carbocycles. The van der Waals surface area contributed by atoms with Crippen LogP contribution in [0.4, 0.5) is 0 Å². The number of nitrogens with one attached hydrogen (secondary N) is 1. The van der Waals surface area contributed by atoms with E-state index in [4.69, 9.17) is 5.11 Å². The van der Waals surface area contributed by atoms with E-state index in [9.17, 15) is 9.59 Å². The zero-order valence-corrected chi connectivity index (χ0v) is 12.2. The first-order chi connectivity index (χ1) is 7.90. The standard InChI is InChI=1S/C11H11Br2NO3/c1-6(15)14-10(5-11(16)17)7-2-3-8(12)9(13)4-7/h2-4,10H,5H2,1H3,(H,14,15)(H,16,17)/t10-/m0/s1. The fourth-order valence-corrected chi connectivity index (χ4v) is 2.04. The third kappa shape index (κ3) is 4.47. The third-order valence-electron chi connectivity index (χ3n) is 2.10. The average Bonchev–Trinajstić information content (AvgIpc) is 2.19. The van der Waals surface area contributed by atoms with Crippen molar-refractivity contribution in [3.8, 4) is 0 Å². The molecule has 1 amide bonds. The van der Waals surface area contributed by atoms with Gasteiger partial charge < -0.3 is 10.4 Å². The molecule has 0 unspecified atom stereocenters. The van der Waals surface area contributed by atoms with E-state index in [0.29, 0.717) is 0 Å². The number of carboxylic acid groups (broad SMARTS) is 1. The number of benzene rings is 1. The summed E-state index contributed by atoms with van der Waals surface area (Å²) >= 11 is 6.67. The van der Waals surface area contributed by atoms with Gasteiger partial charge >= 0.3 is 5.97 Å². The molecule has 92 valence electrons. The van der Waals surface area contributed by atoms with E-state index in [1.165, 1.54) is 6.92 Å². The van der Waals surface area contributed by atoms with Gasteiger partial charge in [-0.25, -0.2) is 0 Å². The van der Waals surface area contributed by atoms with Crippen molar-refractivity contribution in [1.82, 2.24) is 5.32 Å². The molecule has 1 aromatic rings. The van der Waals surface area contributed by atoms with E-state index in [-0.39, 0.29) is 12.3 Å². The number of carbonyl (C=O) groups excluding carboxylic acids is 1. The Morgan fingerprint density at radius 1 is 1.35 bits per heavy atom. The lowest BCUT2D eigenvalue weighted by Crippen LogP contribution is -2.28. The van der Waals surface area contributed by atoms with Crippen molar-refractivity contribution in [2.75, 3.05) is 0 Å². The number of carbonyl (C=O) groups is 2. The first kappa shape index (κ1) is 14.2. The highest BCUT2D eigenvalue weighted by molar-refractivity contribution is 9.13. The molecular formula is C11H11Br2NO3. The SMILES string of the molecule is CC(=O)N[C@@H](CC(=O)O)c1ccc(Br)c(Br)c1. The largest absolute Gasteiger partial charge is 0.481 e. The molecule has 0 aliphatic carbocycles. The van der Waals surface area contributed by atoms with Gasteiger partial charge in [-0.05, 0) is 49.6 Å². The number of carboxylic acids is 1. The predicted molar refractivity (Wildman–Crippen MR) is 70.7 cm³/mol. The molecule has 1 aromatic carbocycles. The van der Waals surface area contributed by atoms with E-state index in [0.717, 1.165) is 14.5 Å². The highest BCUT2D eigenvalue weighted by Crippen LogP contribution is 2.27. The Hall–Kier alpha value is -0.880. The summed E-state index contributed by atoms with van der Waals surface area (Å²) in [6.07, 6.45) is -0.145. The van der Waals surface area contributed by atoms with Gasteiger partial charge in [-0.1, -0.05) is 6.07 Å². The maximum Gasteiger partial charge on any atom is 0.305 e. The molecular weight excluding hydrogens is 354 g/mol. The van der Waals surface area contributed by atoms with E-state index >= 15 is 0 Å². The summed E-state index contributed by atoms with van der Waals surface area (Å²) in [5, 5.41) is 11.4. The minimum atomic E-state index is -0.956. The zero-order chi connectivity index (χ0) is 13.0. The van der Waals surface area contributed by atoms with E-state index in [1.54, 1.807) is 18.2 Å². The Morgan fingerprint density at radius 3 is 2.47 bits per heavy atom. The summed E-state index contributed by atoms with van der Waals surface area (Å²) in [5.74, 6) is -1.21. The Labute approximate surface area is 116 Å². The molecule has 0 heterocycles. The molecule has 0 aliphatic heterocycles. The van der Waals surface area contributed by atoms with Gasteiger partial charge in [0, 0.05) is 15.9 Å². The van der Waals surface area contributed by atoms with Crippen LogP contribution in [0.25, 0.3) is 0 Å². The Morgan fingerprint density at radius 2 is 2.00 bits per heavy atom. The molecule has 0 radical (unpaired) electrons. The van der Waals surface area contributed by atoms with Crippen LogP contribution in [0.2, 0.25) is 0 Å². The van der Waals surface area contributed by atoms with Gasteiger partial charge in [0.2, 0.25) is 5.91 Å². The normalized spacial score (nSPS) is 11.9. The molecule has 0 spiro atoms. The van der Waals surface area contributed by atoms with Crippen LogP contribution >= 0.6 is 31.9 Å². The molecule has 0 bridgehead atoms. The summed E-state index contributed by atoms with van der Waals surface area (Å²) in [7, 11) is 0. The quantitative estimate of drug-likeness (QED) is 0.863. The average molecular weight is 365 g/mol. The maximum atomic E-state index is 11.0. The molecule has 0 saturated heterocycles. The molecule has 2 N–H and O–H groups in total. The molecule has 0 fully saturated rings. The van der Waals surface area contributed by atoms with Crippen molar-refractivity contribution >= 4 is 43.7 Å². The van der Waals surface area contributed by atoms with Gasteiger partial charge in [-0.15, -0.1) is 0 Å². The smallest absolute Gasteiger partial charge is 0.305 e. The highest BCUT2D eigenvalue weighted by Gasteiger charge is 2.17. The van der Waals surface area contributed by atoms with Gasteiger partial charge in [0.25, 0.3) is 0 Å². The van der Waals surface area contributed by atoms with Crippen molar-refractivity contribution in [3.63, 3.8) is 0 Å². The monoisotopic (exact) mass is 363 g/mol. The number of hydrogen-bond donors (Lipinski definition) is 2. The van der Waals surface area contributed by atoms with E-state index in [2.05, 4.69) is 37.2 Å². The number of halogens is 2. The zero-order valence-electron chi connectivity index (χ0n) is 9.04. The second-order valence-electron chi connectivity index (χ2n) is 3.52. The molecule has 0 aliphatic rings. The van der Waals surface area contributed by atoms with Crippen LogP contribution in [0.3, 0.4) is 0 Å². The van der Waals surface area contributed by atoms with Crippen LogP contribution < -0.4 is 5.32 Å². The minimum absolute atomic E-state index is 0.145. The summed E-state index contributed by atoms with van der Waals surface area (Å²) in [4.78, 5) is 21.8. The van der Waals surface area contributed by atoms with Crippen molar-refractivity contribution in [2.24, 2.45) is 0 Å². The molecule has 0 aromatic heterocycles. The van der Waals surface area contributed by atoms with Crippen LogP contribution in [-0.2, 0) is 9.59 Å². The predicted octanol–water partition coefficient (Wildman–Crippen LogP) is 2.86. The Balaban J connectivity index is 2.98. The lowest BCUT2D eigenvalue weighted by atomic mass is 10.0. The first-order valence-electron chi connectivity index (χ1n) is 4.84. The van der Waals surface area contributed by atoms with Gasteiger partial charge in [0.1, 0.15) is 0 Å². The summed E-state index contributed by atoms with van der Waals surface area (Å²) < 4.78 is 1.69. The second kappa shape index (κ2) is 6.16. The third-order valence-corrected chi connectivity index (χ3v) is 3.98. The molecule has 6 heteroatoms. The summed E-state index contributed by atoms with van der Waals surface area (Å²) in [5.41, 5.74) is 0.748. The van der Waals surface area contributed by atoms with Gasteiger partial charge in [0.05, 0.1) is 12.5 Å². The van der Waals surface area contributed by atoms with E-state index < -0.39 is 12.0 Å². The summed E-state index contributed by atoms with van der Waals surface area (Å²) in [6, 6.07) is 4.84. The number of hydrogen-bond acceptors (Lipinski definition) is 2. The van der Waals surface area contributed by atoms with Crippen LogP contribution in [0.5, 0.6) is 0 Å². The van der Waals surface area contributed by atoms with Gasteiger partial charge in [-0.2, -0.15) is 0 Å². The Kier molecular flexibility index (Phi) is 5.14. The Bertz CT molecular complexity index is 432. The van der Waals surface area contributed by atoms with Crippen LogP contribution in [0, 0.1) is 0 Å². The second-order valence-corrected chi connectivity index (χ2v) is 5.23. The van der Waals surface area contributed by atoms with Crippen molar-refractivity contribution < 1.29 is 14.7 Å². The topological polar surface area (TPSA) is 66.4 Å². The number of rotatable bonds is 4.